The van der Waals surface area contributed by atoms with Gasteiger partial charge in [-0.05, 0) is 65.1 Å². The quantitative estimate of drug-likeness (QED) is 0.570. The summed E-state index contributed by atoms with van der Waals surface area (Å²) in [5.74, 6) is 0.927. The summed E-state index contributed by atoms with van der Waals surface area (Å²) in [7, 11) is 0. The predicted molar refractivity (Wildman–Crippen MR) is 98.2 cm³/mol. The molecule has 0 heteroatoms. The fourth-order valence-electron chi connectivity index (χ4n) is 3.62. The van der Waals surface area contributed by atoms with Crippen molar-refractivity contribution in [1.29, 1.82) is 0 Å². The normalized spacial score (nSPS) is 18.5. The summed E-state index contributed by atoms with van der Waals surface area (Å²) >= 11 is 0. The first-order valence-electron chi connectivity index (χ1n) is 9.02. The number of benzene rings is 2. The van der Waals surface area contributed by atoms with Gasteiger partial charge >= 0.3 is 0 Å². The van der Waals surface area contributed by atoms with Gasteiger partial charge in [0.25, 0.3) is 0 Å². The molecular weight excluding hydrogens is 264 g/mol. The molecule has 2 aromatic rings. The summed E-state index contributed by atoms with van der Waals surface area (Å²) in [5.41, 5.74) is 4.43. The Morgan fingerprint density at radius 3 is 2.55 bits per heavy atom. The van der Waals surface area contributed by atoms with E-state index < -0.39 is 0 Å². The Morgan fingerprint density at radius 2 is 1.82 bits per heavy atom. The smallest absolute Gasteiger partial charge is 0.0178 e. The Kier molecular flexibility index (Phi) is 4.97. The van der Waals surface area contributed by atoms with Crippen LogP contribution in [0.15, 0.2) is 42.5 Å². The maximum absolute atomic E-state index is 2.51. The van der Waals surface area contributed by atoms with E-state index in [1.54, 1.807) is 5.57 Å². The molecule has 0 N–H and O–H groups in total. The van der Waals surface area contributed by atoms with E-state index in [2.05, 4.69) is 56.3 Å². The fourth-order valence-corrected chi connectivity index (χ4v) is 3.62. The van der Waals surface area contributed by atoms with Crippen molar-refractivity contribution < 1.29 is 0 Å². The molecule has 0 bridgehead atoms. The lowest BCUT2D eigenvalue weighted by molar-refractivity contribution is 0.434. The lowest BCUT2D eigenvalue weighted by Gasteiger charge is -2.22. The molecule has 1 unspecified atom stereocenters. The van der Waals surface area contributed by atoms with Crippen LogP contribution in [0.5, 0.6) is 0 Å². The Hall–Kier alpha value is -1.56. The molecule has 1 aliphatic carbocycles. The van der Waals surface area contributed by atoms with Crippen molar-refractivity contribution >= 4 is 16.3 Å². The van der Waals surface area contributed by atoms with E-state index in [1.165, 1.54) is 60.4 Å². The maximum Gasteiger partial charge on any atom is -0.0178 e. The van der Waals surface area contributed by atoms with E-state index in [4.69, 9.17) is 0 Å². The lowest BCUT2D eigenvalue weighted by atomic mass is 9.83. The molecule has 1 aliphatic rings. The first-order chi connectivity index (χ1) is 10.8. The van der Waals surface area contributed by atoms with Gasteiger partial charge in [0.1, 0.15) is 0 Å². The van der Waals surface area contributed by atoms with Crippen LogP contribution in [0.1, 0.15) is 63.5 Å². The highest BCUT2D eigenvalue weighted by Crippen LogP contribution is 2.33. The molecule has 0 fully saturated rings. The second kappa shape index (κ2) is 7.13. The molecule has 0 saturated heterocycles. The maximum atomic E-state index is 2.51. The summed E-state index contributed by atoms with van der Waals surface area (Å²) in [5, 5.41) is 2.75. The Bertz CT molecular complexity index is 663. The lowest BCUT2D eigenvalue weighted by Crippen LogP contribution is -2.05. The van der Waals surface area contributed by atoms with Crippen LogP contribution in [-0.4, -0.2) is 0 Å². The van der Waals surface area contributed by atoms with Gasteiger partial charge in [0.15, 0.2) is 0 Å². The predicted octanol–water partition coefficient (Wildman–Crippen LogP) is 6.78. The molecule has 0 radical (unpaired) electrons. The molecule has 1 atom stereocenters. The number of allylic oxidation sites excluding steroid dienone is 2. The van der Waals surface area contributed by atoms with E-state index in [0.29, 0.717) is 0 Å². The number of hydrogen-bond acceptors (Lipinski definition) is 0. The third-order valence-corrected chi connectivity index (χ3v) is 5.17. The van der Waals surface area contributed by atoms with Gasteiger partial charge in [0, 0.05) is 0 Å². The second-order valence-electron chi connectivity index (χ2n) is 6.76. The van der Waals surface area contributed by atoms with Gasteiger partial charge in [0.05, 0.1) is 0 Å². The van der Waals surface area contributed by atoms with Crippen molar-refractivity contribution in [3.05, 3.63) is 53.6 Å². The number of hydrogen-bond donors (Lipinski definition) is 0. The largest absolute Gasteiger partial charge is 0.0804 e. The summed E-state index contributed by atoms with van der Waals surface area (Å²) in [4.78, 5) is 0. The van der Waals surface area contributed by atoms with Gasteiger partial charge in [0.2, 0.25) is 0 Å². The Balaban J connectivity index is 1.78. The van der Waals surface area contributed by atoms with Gasteiger partial charge in [-0.1, -0.05) is 69.5 Å². The molecule has 22 heavy (non-hydrogen) atoms. The van der Waals surface area contributed by atoms with Gasteiger partial charge < -0.3 is 0 Å². The van der Waals surface area contributed by atoms with Gasteiger partial charge in [-0.3, -0.25) is 0 Å². The topological polar surface area (TPSA) is 0 Å². The van der Waals surface area contributed by atoms with E-state index in [-0.39, 0.29) is 0 Å². The highest BCUT2D eigenvalue weighted by atomic mass is 14.2. The van der Waals surface area contributed by atoms with E-state index in [0.717, 1.165) is 12.3 Å². The van der Waals surface area contributed by atoms with Crippen LogP contribution in [0.25, 0.3) is 16.3 Å². The minimum absolute atomic E-state index is 0.927. The van der Waals surface area contributed by atoms with Crippen LogP contribution < -0.4 is 0 Å². The highest BCUT2D eigenvalue weighted by molar-refractivity contribution is 5.87. The molecule has 0 aliphatic heterocycles. The number of rotatable bonds is 5. The van der Waals surface area contributed by atoms with Crippen molar-refractivity contribution in [2.24, 2.45) is 5.92 Å². The number of aryl methyl sites for hydroxylation is 1. The minimum atomic E-state index is 0.927. The molecule has 3 rings (SSSR count). The molecule has 0 aromatic heterocycles. The van der Waals surface area contributed by atoms with E-state index in [9.17, 15) is 0 Å². The number of fused-ring (bicyclic) bond motifs is 1. The zero-order valence-electron chi connectivity index (χ0n) is 14.1. The summed E-state index contributed by atoms with van der Waals surface area (Å²) in [6.45, 7) is 4.51. The monoisotopic (exact) mass is 292 g/mol. The highest BCUT2D eigenvalue weighted by Gasteiger charge is 2.15. The van der Waals surface area contributed by atoms with Crippen molar-refractivity contribution in [3.8, 4) is 0 Å². The van der Waals surface area contributed by atoms with Gasteiger partial charge in [-0.25, -0.2) is 0 Å². The van der Waals surface area contributed by atoms with Crippen molar-refractivity contribution in [1.82, 2.24) is 0 Å². The average molecular weight is 292 g/mol. The Morgan fingerprint density at radius 1 is 1.00 bits per heavy atom. The summed E-state index contributed by atoms with van der Waals surface area (Å²) < 4.78 is 0. The molecular formula is C22H28. The van der Waals surface area contributed by atoms with Crippen LogP contribution in [-0.2, 0) is 6.42 Å². The molecule has 0 spiro atoms. The Labute approximate surface area is 135 Å². The van der Waals surface area contributed by atoms with Crippen LogP contribution in [0.3, 0.4) is 0 Å². The first kappa shape index (κ1) is 15.3. The average Bonchev–Trinajstić information content (AvgIpc) is 2.59. The van der Waals surface area contributed by atoms with Gasteiger partial charge in [-0.15, -0.1) is 0 Å². The first-order valence-corrected chi connectivity index (χ1v) is 9.02. The molecule has 116 valence electrons. The number of unbranched alkanes of at least 4 members (excludes halogenated alkanes) is 1. The zero-order valence-corrected chi connectivity index (χ0v) is 14.1. The summed E-state index contributed by atoms with van der Waals surface area (Å²) in [6, 6.07) is 13.9. The van der Waals surface area contributed by atoms with Gasteiger partial charge in [-0.2, -0.15) is 0 Å². The molecule has 0 amide bonds. The van der Waals surface area contributed by atoms with Crippen molar-refractivity contribution in [2.45, 2.75) is 58.8 Å². The van der Waals surface area contributed by atoms with Crippen molar-refractivity contribution in [2.75, 3.05) is 0 Å². The van der Waals surface area contributed by atoms with Crippen LogP contribution in [0, 0.1) is 5.92 Å². The molecule has 0 nitrogen and oxygen atoms in total. The third-order valence-electron chi connectivity index (χ3n) is 5.17. The summed E-state index contributed by atoms with van der Waals surface area (Å²) in [6.07, 6.45) is 11.7. The molecule has 2 aromatic carbocycles. The SMILES string of the molecule is CCCCC1CC=C(c2ccc3cc(CC)ccc3c2)CC1. The second-order valence-corrected chi connectivity index (χ2v) is 6.76. The van der Waals surface area contributed by atoms with Crippen LogP contribution in [0.4, 0.5) is 0 Å². The molecule has 0 saturated carbocycles. The minimum Gasteiger partial charge on any atom is -0.0804 e. The standard InChI is InChI=1S/C22H28/c1-3-5-6-18-8-10-19(11-9-18)21-14-13-20-15-17(4-2)7-12-22(20)16-21/h7,10,12-16,18H,3-6,8-9,11H2,1-2H3. The molecule has 0 heterocycles. The third kappa shape index (κ3) is 3.43. The van der Waals surface area contributed by atoms with E-state index in [1.807, 2.05) is 0 Å². The van der Waals surface area contributed by atoms with E-state index >= 15 is 0 Å². The van der Waals surface area contributed by atoms with Crippen molar-refractivity contribution in [3.63, 3.8) is 0 Å². The fraction of sp³-hybridized carbons (Fsp3) is 0.455. The zero-order chi connectivity index (χ0) is 15.4. The van der Waals surface area contributed by atoms with Crippen LogP contribution >= 0.6 is 0 Å². The van der Waals surface area contributed by atoms with Crippen LogP contribution in [0.2, 0.25) is 0 Å².